The summed E-state index contributed by atoms with van der Waals surface area (Å²) >= 11 is 3.39. The molecule has 1 aliphatic rings. The molecule has 2 heterocycles. The number of nitrogens with one attached hydrogen (secondary N) is 1. The van der Waals surface area contributed by atoms with E-state index in [2.05, 4.69) is 36.0 Å². The number of pyridine rings is 1. The average Bonchev–Trinajstić information content (AvgIpc) is 2.63. The van der Waals surface area contributed by atoms with Crippen molar-refractivity contribution in [2.24, 2.45) is 0 Å². The van der Waals surface area contributed by atoms with E-state index in [1.165, 1.54) is 0 Å². The third-order valence-electron chi connectivity index (χ3n) is 4.13. The van der Waals surface area contributed by atoms with Crippen LogP contribution in [0.2, 0.25) is 0 Å². The van der Waals surface area contributed by atoms with Gasteiger partial charge in [0.05, 0.1) is 0 Å². The lowest BCUT2D eigenvalue weighted by Gasteiger charge is -2.35. The molecule has 1 saturated heterocycles. The fourth-order valence-electron chi connectivity index (χ4n) is 2.76. The highest BCUT2D eigenvalue weighted by Crippen LogP contribution is 2.15. The van der Waals surface area contributed by atoms with Crippen LogP contribution in [0.4, 0.5) is 11.5 Å². The lowest BCUT2D eigenvalue weighted by Crippen LogP contribution is -2.47. The summed E-state index contributed by atoms with van der Waals surface area (Å²) in [6.07, 6.45) is 2.34. The topological polar surface area (TPSA) is 48.5 Å². The number of hydrogen-bond donors (Lipinski definition) is 1. The monoisotopic (exact) mass is 388 g/mol. The SMILES string of the molecule is O=C(CCN1CCN(c2ccccn2)CC1)Nc1ccc(Br)cc1. The van der Waals surface area contributed by atoms with Crippen LogP contribution in [0.15, 0.2) is 53.1 Å². The van der Waals surface area contributed by atoms with Crippen LogP contribution in [0, 0.1) is 0 Å². The zero-order valence-corrected chi connectivity index (χ0v) is 15.1. The summed E-state index contributed by atoms with van der Waals surface area (Å²) in [4.78, 5) is 21.1. The number of anilines is 2. The van der Waals surface area contributed by atoms with Crippen molar-refractivity contribution < 1.29 is 4.79 Å². The van der Waals surface area contributed by atoms with E-state index in [-0.39, 0.29) is 5.91 Å². The summed E-state index contributed by atoms with van der Waals surface area (Å²) in [7, 11) is 0. The van der Waals surface area contributed by atoms with Crippen molar-refractivity contribution in [2.45, 2.75) is 6.42 Å². The van der Waals surface area contributed by atoms with Crippen molar-refractivity contribution in [1.82, 2.24) is 9.88 Å². The molecule has 1 aromatic heterocycles. The molecule has 0 bridgehead atoms. The highest BCUT2D eigenvalue weighted by molar-refractivity contribution is 9.10. The van der Waals surface area contributed by atoms with Gasteiger partial charge in [0, 0.05) is 55.5 Å². The number of nitrogens with zero attached hydrogens (tertiary/aromatic N) is 3. The van der Waals surface area contributed by atoms with Crippen LogP contribution >= 0.6 is 15.9 Å². The maximum absolute atomic E-state index is 12.1. The Kier molecular flexibility index (Phi) is 5.82. The molecule has 0 unspecified atom stereocenters. The second-order valence-electron chi connectivity index (χ2n) is 5.82. The molecule has 2 aromatic rings. The molecule has 1 aliphatic heterocycles. The standard InChI is InChI=1S/C18H21BrN4O/c19-15-4-6-16(7-5-15)21-18(24)8-10-22-11-13-23(14-12-22)17-3-1-2-9-20-17/h1-7,9H,8,10-14H2,(H,21,24). The van der Waals surface area contributed by atoms with Gasteiger partial charge in [-0.2, -0.15) is 0 Å². The Morgan fingerprint density at radius 1 is 1.08 bits per heavy atom. The van der Waals surface area contributed by atoms with Crippen molar-refractivity contribution in [1.29, 1.82) is 0 Å². The summed E-state index contributed by atoms with van der Waals surface area (Å²) < 4.78 is 1.01. The molecule has 6 heteroatoms. The Morgan fingerprint density at radius 2 is 1.83 bits per heavy atom. The van der Waals surface area contributed by atoms with Gasteiger partial charge >= 0.3 is 0 Å². The maximum atomic E-state index is 12.1. The number of piperazine rings is 1. The molecule has 0 aliphatic carbocycles. The Morgan fingerprint density at radius 3 is 2.50 bits per heavy atom. The molecule has 3 rings (SSSR count). The van der Waals surface area contributed by atoms with Crippen molar-refractivity contribution in [3.63, 3.8) is 0 Å². The molecule has 0 saturated carbocycles. The maximum Gasteiger partial charge on any atom is 0.225 e. The largest absolute Gasteiger partial charge is 0.354 e. The van der Waals surface area contributed by atoms with Crippen molar-refractivity contribution in [3.05, 3.63) is 53.1 Å². The fraction of sp³-hybridized carbons (Fsp3) is 0.333. The van der Waals surface area contributed by atoms with Crippen LogP contribution < -0.4 is 10.2 Å². The van der Waals surface area contributed by atoms with E-state index in [1.807, 2.05) is 48.7 Å². The molecule has 1 fully saturated rings. The summed E-state index contributed by atoms with van der Waals surface area (Å²) in [6, 6.07) is 13.6. The van der Waals surface area contributed by atoms with Gasteiger partial charge in [-0.05, 0) is 36.4 Å². The number of carbonyl (C=O) groups is 1. The van der Waals surface area contributed by atoms with Crippen LogP contribution in [0.3, 0.4) is 0 Å². The third kappa shape index (κ3) is 4.79. The minimum atomic E-state index is 0.0597. The summed E-state index contributed by atoms with van der Waals surface area (Å²) in [5.74, 6) is 1.09. The number of amides is 1. The van der Waals surface area contributed by atoms with Gasteiger partial charge in [0.15, 0.2) is 0 Å². The first-order chi connectivity index (χ1) is 11.7. The van der Waals surface area contributed by atoms with Gasteiger partial charge in [0.2, 0.25) is 5.91 Å². The van der Waals surface area contributed by atoms with Crippen LogP contribution in [0.25, 0.3) is 0 Å². The number of carbonyl (C=O) groups excluding carboxylic acids is 1. The van der Waals surface area contributed by atoms with E-state index in [0.717, 1.165) is 48.7 Å². The van der Waals surface area contributed by atoms with Gasteiger partial charge in [0.25, 0.3) is 0 Å². The van der Waals surface area contributed by atoms with Crippen LogP contribution in [0.1, 0.15) is 6.42 Å². The minimum absolute atomic E-state index is 0.0597. The highest BCUT2D eigenvalue weighted by Gasteiger charge is 2.18. The second-order valence-corrected chi connectivity index (χ2v) is 6.74. The number of rotatable bonds is 5. The first kappa shape index (κ1) is 16.9. The van der Waals surface area contributed by atoms with E-state index >= 15 is 0 Å². The van der Waals surface area contributed by atoms with Crippen molar-refractivity contribution in [2.75, 3.05) is 42.9 Å². The molecule has 1 aromatic carbocycles. The van der Waals surface area contributed by atoms with Crippen molar-refractivity contribution in [3.8, 4) is 0 Å². The molecular weight excluding hydrogens is 368 g/mol. The quantitative estimate of drug-likeness (QED) is 0.854. The summed E-state index contributed by atoms with van der Waals surface area (Å²) in [5, 5.41) is 2.94. The van der Waals surface area contributed by atoms with Gasteiger partial charge in [0.1, 0.15) is 5.82 Å². The molecule has 0 spiro atoms. The fourth-order valence-corrected chi connectivity index (χ4v) is 3.02. The first-order valence-electron chi connectivity index (χ1n) is 8.14. The molecular formula is C18H21BrN4O. The van der Waals surface area contributed by atoms with E-state index in [9.17, 15) is 4.79 Å². The Hall–Kier alpha value is -1.92. The smallest absolute Gasteiger partial charge is 0.225 e. The summed E-state index contributed by atoms with van der Waals surface area (Å²) in [5.41, 5.74) is 0.836. The molecule has 1 N–H and O–H groups in total. The number of hydrogen-bond acceptors (Lipinski definition) is 4. The average molecular weight is 389 g/mol. The van der Waals surface area contributed by atoms with Crippen LogP contribution in [-0.4, -0.2) is 48.5 Å². The first-order valence-corrected chi connectivity index (χ1v) is 8.94. The predicted molar refractivity (Wildman–Crippen MR) is 100 cm³/mol. The van der Waals surface area contributed by atoms with E-state index in [4.69, 9.17) is 0 Å². The molecule has 0 radical (unpaired) electrons. The minimum Gasteiger partial charge on any atom is -0.354 e. The zero-order chi connectivity index (χ0) is 16.8. The lowest BCUT2D eigenvalue weighted by molar-refractivity contribution is -0.116. The van der Waals surface area contributed by atoms with Crippen LogP contribution in [0.5, 0.6) is 0 Å². The third-order valence-corrected chi connectivity index (χ3v) is 4.66. The molecule has 126 valence electrons. The number of halogens is 1. The van der Waals surface area contributed by atoms with E-state index < -0.39 is 0 Å². The second kappa shape index (κ2) is 8.26. The summed E-state index contributed by atoms with van der Waals surface area (Å²) in [6.45, 7) is 4.61. The highest BCUT2D eigenvalue weighted by atomic mass is 79.9. The van der Waals surface area contributed by atoms with Gasteiger partial charge in [-0.3, -0.25) is 9.69 Å². The normalized spacial score (nSPS) is 15.3. The van der Waals surface area contributed by atoms with Gasteiger partial charge in [-0.25, -0.2) is 4.98 Å². The molecule has 1 amide bonds. The lowest BCUT2D eigenvalue weighted by atomic mass is 10.2. The Bertz CT molecular complexity index is 654. The molecule has 24 heavy (non-hydrogen) atoms. The number of benzene rings is 1. The van der Waals surface area contributed by atoms with E-state index in [1.54, 1.807) is 0 Å². The van der Waals surface area contributed by atoms with Gasteiger partial charge in [-0.15, -0.1) is 0 Å². The molecule has 0 atom stereocenters. The zero-order valence-electron chi connectivity index (χ0n) is 13.5. The van der Waals surface area contributed by atoms with Crippen LogP contribution in [-0.2, 0) is 4.79 Å². The van der Waals surface area contributed by atoms with E-state index in [0.29, 0.717) is 6.42 Å². The van der Waals surface area contributed by atoms with Crippen molar-refractivity contribution >= 4 is 33.3 Å². The predicted octanol–water partition coefficient (Wildman–Crippen LogP) is 2.99. The van der Waals surface area contributed by atoms with Gasteiger partial charge < -0.3 is 10.2 Å². The molecule has 5 nitrogen and oxygen atoms in total. The Labute approximate surface area is 150 Å². The Balaban J connectivity index is 1.40. The number of aromatic nitrogens is 1. The van der Waals surface area contributed by atoms with Gasteiger partial charge in [-0.1, -0.05) is 22.0 Å².